The molecule has 1 amide bonds. The van der Waals surface area contributed by atoms with E-state index in [1.165, 1.54) is 6.07 Å². The Morgan fingerprint density at radius 1 is 1.38 bits per heavy atom. The number of likely N-dealkylation sites (tertiary alicyclic amines) is 1. The van der Waals surface area contributed by atoms with E-state index < -0.39 is 0 Å². The zero-order valence-corrected chi connectivity index (χ0v) is 15.4. The van der Waals surface area contributed by atoms with E-state index in [-0.39, 0.29) is 17.8 Å². The third kappa shape index (κ3) is 4.77. The van der Waals surface area contributed by atoms with Gasteiger partial charge in [0.1, 0.15) is 5.82 Å². The van der Waals surface area contributed by atoms with E-state index in [0.717, 1.165) is 68.4 Å². The van der Waals surface area contributed by atoms with Crippen molar-refractivity contribution in [3.05, 3.63) is 34.1 Å². The fourth-order valence-corrected chi connectivity index (χ4v) is 4.02. The molecular weight excluding hydrogens is 373 g/mol. The summed E-state index contributed by atoms with van der Waals surface area (Å²) in [5.41, 5.74) is 0.981. The molecule has 1 aromatic rings. The summed E-state index contributed by atoms with van der Waals surface area (Å²) in [6.07, 6.45) is 4.28. The lowest BCUT2D eigenvalue weighted by atomic mass is 9.97. The van der Waals surface area contributed by atoms with Gasteiger partial charge in [0.15, 0.2) is 0 Å². The van der Waals surface area contributed by atoms with Crippen LogP contribution in [0.3, 0.4) is 0 Å². The third-order valence-corrected chi connectivity index (χ3v) is 5.72. The molecule has 0 aromatic heterocycles. The molecular formula is C18H25BrFN3O. The Kier molecular flexibility index (Phi) is 6.25. The summed E-state index contributed by atoms with van der Waals surface area (Å²) in [4.78, 5) is 14.5. The number of nitrogens with one attached hydrogen (secondary N) is 2. The fourth-order valence-electron chi connectivity index (χ4n) is 3.64. The van der Waals surface area contributed by atoms with Crippen LogP contribution in [0.5, 0.6) is 0 Å². The average Bonchev–Trinajstić information content (AvgIpc) is 3.11. The van der Waals surface area contributed by atoms with Gasteiger partial charge in [-0.05, 0) is 68.5 Å². The molecule has 2 aliphatic heterocycles. The van der Waals surface area contributed by atoms with Gasteiger partial charge < -0.3 is 10.6 Å². The quantitative estimate of drug-likeness (QED) is 0.802. The van der Waals surface area contributed by atoms with Crippen molar-refractivity contribution in [1.82, 2.24) is 15.5 Å². The highest BCUT2D eigenvalue weighted by atomic mass is 79.9. The Morgan fingerprint density at radius 2 is 2.25 bits per heavy atom. The highest BCUT2D eigenvalue weighted by Gasteiger charge is 2.24. The Balaban J connectivity index is 1.49. The SMILES string of the molecule is O=C(NCC1CCCN(Cc2cc(F)ccc2Br)C1)C1CCCN1. The minimum absolute atomic E-state index is 0.00653. The van der Waals surface area contributed by atoms with Gasteiger partial charge in [0.2, 0.25) is 5.91 Å². The molecule has 0 saturated carbocycles. The summed E-state index contributed by atoms with van der Waals surface area (Å²) < 4.78 is 14.4. The molecule has 2 saturated heterocycles. The standard InChI is InChI=1S/C18H25BrFN3O/c19-16-6-5-15(20)9-14(16)12-23-8-2-3-13(11-23)10-22-18(24)17-4-1-7-21-17/h5-6,9,13,17,21H,1-4,7-8,10-12H2,(H,22,24). The number of nitrogens with zero attached hydrogens (tertiary/aromatic N) is 1. The number of halogens is 2. The summed E-state index contributed by atoms with van der Waals surface area (Å²) in [7, 11) is 0. The number of rotatable bonds is 5. The van der Waals surface area contributed by atoms with Gasteiger partial charge in [-0.25, -0.2) is 4.39 Å². The molecule has 0 aliphatic carbocycles. The second kappa shape index (κ2) is 8.41. The molecule has 2 N–H and O–H groups in total. The third-order valence-electron chi connectivity index (χ3n) is 4.95. The van der Waals surface area contributed by atoms with Crippen molar-refractivity contribution in [2.75, 3.05) is 26.2 Å². The predicted molar refractivity (Wildman–Crippen MR) is 96.1 cm³/mol. The first kappa shape index (κ1) is 17.8. The van der Waals surface area contributed by atoms with E-state index in [4.69, 9.17) is 0 Å². The fraction of sp³-hybridized carbons (Fsp3) is 0.611. The van der Waals surface area contributed by atoms with Crippen LogP contribution >= 0.6 is 15.9 Å². The maximum Gasteiger partial charge on any atom is 0.237 e. The molecule has 24 heavy (non-hydrogen) atoms. The Bertz CT molecular complexity index is 577. The van der Waals surface area contributed by atoms with Crippen molar-refractivity contribution in [3.63, 3.8) is 0 Å². The van der Waals surface area contributed by atoms with Crippen LogP contribution in [0.4, 0.5) is 4.39 Å². The minimum Gasteiger partial charge on any atom is -0.354 e. The van der Waals surface area contributed by atoms with Gasteiger partial charge in [0.25, 0.3) is 0 Å². The lowest BCUT2D eigenvalue weighted by Gasteiger charge is -2.33. The van der Waals surface area contributed by atoms with Crippen LogP contribution in [0.25, 0.3) is 0 Å². The minimum atomic E-state index is -0.196. The molecule has 0 radical (unpaired) electrons. The first-order chi connectivity index (χ1) is 11.6. The molecule has 0 bridgehead atoms. The van der Waals surface area contributed by atoms with E-state index in [1.54, 1.807) is 12.1 Å². The molecule has 2 aliphatic rings. The van der Waals surface area contributed by atoms with E-state index >= 15 is 0 Å². The summed E-state index contributed by atoms with van der Waals surface area (Å²) in [6, 6.07) is 4.83. The maximum absolute atomic E-state index is 13.4. The van der Waals surface area contributed by atoms with Crippen LogP contribution in [0.1, 0.15) is 31.2 Å². The van der Waals surface area contributed by atoms with Gasteiger partial charge in [-0.1, -0.05) is 15.9 Å². The number of hydrogen-bond donors (Lipinski definition) is 2. The lowest BCUT2D eigenvalue weighted by Crippen LogP contribution is -2.45. The van der Waals surface area contributed by atoms with Crippen LogP contribution in [-0.2, 0) is 11.3 Å². The first-order valence-electron chi connectivity index (χ1n) is 8.79. The highest BCUT2D eigenvalue weighted by Crippen LogP contribution is 2.23. The van der Waals surface area contributed by atoms with Gasteiger partial charge in [0.05, 0.1) is 6.04 Å². The molecule has 6 heteroatoms. The Morgan fingerprint density at radius 3 is 3.04 bits per heavy atom. The largest absolute Gasteiger partial charge is 0.354 e. The number of carbonyl (C=O) groups is 1. The van der Waals surface area contributed by atoms with E-state index in [1.807, 2.05) is 0 Å². The first-order valence-corrected chi connectivity index (χ1v) is 9.58. The predicted octanol–water partition coefficient (Wildman–Crippen LogP) is 2.67. The average molecular weight is 398 g/mol. The van der Waals surface area contributed by atoms with Crippen LogP contribution in [0.15, 0.2) is 22.7 Å². The molecule has 132 valence electrons. The van der Waals surface area contributed by atoms with Crippen molar-refractivity contribution < 1.29 is 9.18 Å². The zero-order valence-electron chi connectivity index (χ0n) is 13.9. The topological polar surface area (TPSA) is 44.4 Å². The summed E-state index contributed by atoms with van der Waals surface area (Å²) in [5, 5.41) is 6.34. The number of amides is 1. The maximum atomic E-state index is 13.4. The molecule has 4 nitrogen and oxygen atoms in total. The normalized spacial score (nSPS) is 24.9. The highest BCUT2D eigenvalue weighted by molar-refractivity contribution is 9.10. The second-order valence-corrected chi connectivity index (χ2v) is 7.73. The monoisotopic (exact) mass is 397 g/mol. The van der Waals surface area contributed by atoms with Crippen LogP contribution < -0.4 is 10.6 Å². The van der Waals surface area contributed by atoms with Crippen molar-refractivity contribution >= 4 is 21.8 Å². The zero-order chi connectivity index (χ0) is 16.9. The molecule has 0 spiro atoms. The number of benzene rings is 1. The summed E-state index contributed by atoms with van der Waals surface area (Å²) in [6.45, 7) is 4.39. The molecule has 2 atom stereocenters. The number of hydrogen-bond acceptors (Lipinski definition) is 3. The van der Waals surface area contributed by atoms with Gasteiger partial charge in [-0.15, -0.1) is 0 Å². The summed E-state index contributed by atoms with van der Waals surface area (Å²) in [5.74, 6) is 0.409. The van der Waals surface area contributed by atoms with Gasteiger partial charge in [-0.3, -0.25) is 9.69 Å². The number of carbonyl (C=O) groups excluding carboxylic acids is 1. The van der Waals surface area contributed by atoms with E-state index in [2.05, 4.69) is 31.5 Å². The van der Waals surface area contributed by atoms with Crippen molar-refractivity contribution in [3.8, 4) is 0 Å². The molecule has 2 fully saturated rings. The molecule has 1 aromatic carbocycles. The Hall–Kier alpha value is -0.980. The van der Waals surface area contributed by atoms with Crippen molar-refractivity contribution in [2.24, 2.45) is 5.92 Å². The van der Waals surface area contributed by atoms with Crippen LogP contribution in [0, 0.1) is 11.7 Å². The second-order valence-electron chi connectivity index (χ2n) is 6.87. The van der Waals surface area contributed by atoms with Gasteiger partial charge in [0, 0.05) is 24.1 Å². The smallest absolute Gasteiger partial charge is 0.237 e. The summed E-state index contributed by atoms with van der Waals surface area (Å²) >= 11 is 3.50. The van der Waals surface area contributed by atoms with Gasteiger partial charge in [-0.2, -0.15) is 0 Å². The van der Waals surface area contributed by atoms with Gasteiger partial charge >= 0.3 is 0 Å². The van der Waals surface area contributed by atoms with Crippen molar-refractivity contribution in [2.45, 2.75) is 38.3 Å². The van der Waals surface area contributed by atoms with E-state index in [9.17, 15) is 9.18 Å². The van der Waals surface area contributed by atoms with Crippen LogP contribution in [0.2, 0.25) is 0 Å². The van der Waals surface area contributed by atoms with E-state index in [0.29, 0.717) is 5.92 Å². The lowest BCUT2D eigenvalue weighted by molar-refractivity contribution is -0.123. The molecule has 3 rings (SSSR count). The molecule has 2 unspecified atom stereocenters. The Labute approximate surface area is 151 Å². The van der Waals surface area contributed by atoms with Crippen molar-refractivity contribution in [1.29, 1.82) is 0 Å². The molecule has 2 heterocycles. The van der Waals surface area contributed by atoms with Crippen LogP contribution in [-0.4, -0.2) is 43.0 Å². The number of piperidine rings is 1.